The second-order valence-electron chi connectivity index (χ2n) is 3.08. The summed E-state index contributed by atoms with van der Waals surface area (Å²) in [5, 5.41) is 20.1. The molecule has 11 heavy (non-hydrogen) atoms. The van der Waals surface area contributed by atoms with E-state index in [9.17, 15) is 0 Å². The summed E-state index contributed by atoms with van der Waals surface area (Å²) in [6.07, 6.45) is 2.77. The van der Waals surface area contributed by atoms with Gasteiger partial charge in [-0.15, -0.1) is 0 Å². The maximum Gasteiger partial charge on any atom is 0.142 e. The number of nitrogens with zero attached hydrogens (tertiary/aromatic N) is 1. The molecule has 0 heterocycles. The zero-order valence-electron chi connectivity index (χ0n) is 6.40. The normalized spacial score (nSPS) is 32.6. The molecule has 1 fully saturated rings. The largest absolute Gasteiger partial charge is 0.409 e. The van der Waals surface area contributed by atoms with Gasteiger partial charge in [-0.3, -0.25) is 0 Å². The monoisotopic (exact) mass is 158 g/mol. The summed E-state index contributed by atoms with van der Waals surface area (Å²) in [6, 6.07) is 0. The second-order valence-corrected chi connectivity index (χ2v) is 3.08. The highest BCUT2D eigenvalue weighted by Crippen LogP contribution is 2.30. The quantitative estimate of drug-likeness (QED) is 0.231. The highest BCUT2D eigenvalue weighted by Gasteiger charge is 2.26. The number of rotatable bonds is 2. The van der Waals surface area contributed by atoms with Gasteiger partial charge in [-0.05, 0) is 25.2 Å². The Labute approximate surface area is 65.7 Å². The van der Waals surface area contributed by atoms with Crippen LogP contribution in [-0.2, 0) is 0 Å². The third-order valence-electron chi connectivity index (χ3n) is 2.33. The molecule has 0 radical (unpaired) electrons. The summed E-state index contributed by atoms with van der Waals surface area (Å²) < 4.78 is 0. The van der Waals surface area contributed by atoms with Crippen LogP contribution in [0.1, 0.15) is 19.3 Å². The van der Waals surface area contributed by atoms with Crippen LogP contribution < -0.4 is 5.73 Å². The molecule has 4 heteroatoms. The zero-order chi connectivity index (χ0) is 8.27. The third kappa shape index (κ3) is 1.83. The van der Waals surface area contributed by atoms with Gasteiger partial charge in [0, 0.05) is 12.5 Å². The fourth-order valence-electron chi connectivity index (χ4n) is 1.59. The first-order chi connectivity index (χ1) is 5.27. The first-order valence-electron chi connectivity index (χ1n) is 3.86. The minimum atomic E-state index is 0.178. The number of aliphatic hydroxyl groups excluding tert-OH is 1. The molecule has 0 bridgehead atoms. The van der Waals surface area contributed by atoms with Crippen LogP contribution in [0, 0.1) is 11.8 Å². The van der Waals surface area contributed by atoms with E-state index in [1.54, 1.807) is 0 Å². The van der Waals surface area contributed by atoms with Crippen LogP contribution in [0.2, 0.25) is 0 Å². The van der Waals surface area contributed by atoms with Gasteiger partial charge in [-0.2, -0.15) is 0 Å². The average Bonchev–Trinajstić information content (AvgIpc) is 2.50. The Morgan fingerprint density at radius 1 is 1.55 bits per heavy atom. The summed E-state index contributed by atoms with van der Waals surface area (Å²) in [6.45, 7) is 0.217. The molecule has 0 spiro atoms. The van der Waals surface area contributed by atoms with E-state index in [0.717, 1.165) is 19.3 Å². The van der Waals surface area contributed by atoms with Crippen molar-refractivity contribution in [1.29, 1.82) is 0 Å². The number of hydrogen-bond donors (Lipinski definition) is 3. The average molecular weight is 158 g/mol. The summed E-state index contributed by atoms with van der Waals surface area (Å²) in [5.41, 5.74) is 5.41. The number of hydrogen-bond acceptors (Lipinski definition) is 3. The maximum absolute atomic E-state index is 8.80. The summed E-state index contributed by atoms with van der Waals surface area (Å²) in [7, 11) is 0. The van der Waals surface area contributed by atoms with Crippen LogP contribution in [0.25, 0.3) is 0 Å². The molecule has 1 aliphatic rings. The molecular weight excluding hydrogens is 144 g/mol. The van der Waals surface area contributed by atoms with Gasteiger partial charge >= 0.3 is 0 Å². The second kappa shape index (κ2) is 3.57. The highest BCUT2D eigenvalue weighted by atomic mass is 16.4. The van der Waals surface area contributed by atoms with E-state index in [4.69, 9.17) is 16.0 Å². The Morgan fingerprint density at radius 2 is 2.27 bits per heavy atom. The lowest BCUT2D eigenvalue weighted by Gasteiger charge is -2.06. The summed E-state index contributed by atoms with van der Waals surface area (Å²) >= 11 is 0. The SMILES string of the molecule is N/C(=N/O)[C@@H]1CC[C@H](CO)C1. The fraction of sp³-hybridized carbons (Fsp3) is 0.857. The topological polar surface area (TPSA) is 78.8 Å². The van der Waals surface area contributed by atoms with Gasteiger partial charge in [0.15, 0.2) is 0 Å². The van der Waals surface area contributed by atoms with Crippen LogP contribution >= 0.6 is 0 Å². The molecule has 1 rings (SSSR count). The van der Waals surface area contributed by atoms with Crippen molar-refractivity contribution in [2.24, 2.45) is 22.7 Å². The zero-order valence-corrected chi connectivity index (χ0v) is 6.40. The number of aliphatic hydroxyl groups is 1. The minimum absolute atomic E-state index is 0.178. The molecule has 0 aromatic carbocycles. The number of nitrogens with two attached hydrogens (primary N) is 1. The smallest absolute Gasteiger partial charge is 0.142 e. The van der Waals surface area contributed by atoms with Gasteiger partial charge in [-0.1, -0.05) is 5.16 Å². The lowest BCUT2D eigenvalue weighted by molar-refractivity contribution is 0.228. The lowest BCUT2D eigenvalue weighted by Crippen LogP contribution is -2.21. The molecule has 4 N–H and O–H groups in total. The molecule has 0 unspecified atom stereocenters. The van der Waals surface area contributed by atoms with E-state index in [1.165, 1.54) is 0 Å². The van der Waals surface area contributed by atoms with Crippen molar-refractivity contribution in [3.05, 3.63) is 0 Å². The molecule has 64 valence electrons. The molecule has 4 nitrogen and oxygen atoms in total. The van der Waals surface area contributed by atoms with Crippen LogP contribution in [0.5, 0.6) is 0 Å². The van der Waals surface area contributed by atoms with E-state index < -0.39 is 0 Å². The Morgan fingerprint density at radius 3 is 2.73 bits per heavy atom. The van der Waals surface area contributed by atoms with E-state index in [1.807, 2.05) is 0 Å². The first-order valence-corrected chi connectivity index (χ1v) is 3.86. The number of oxime groups is 1. The van der Waals surface area contributed by atoms with Crippen molar-refractivity contribution in [1.82, 2.24) is 0 Å². The van der Waals surface area contributed by atoms with Crippen LogP contribution in [0.3, 0.4) is 0 Å². The fourth-order valence-corrected chi connectivity index (χ4v) is 1.59. The van der Waals surface area contributed by atoms with Gasteiger partial charge in [0.05, 0.1) is 0 Å². The van der Waals surface area contributed by atoms with Gasteiger partial charge in [0.25, 0.3) is 0 Å². The van der Waals surface area contributed by atoms with Crippen molar-refractivity contribution in [3.8, 4) is 0 Å². The highest BCUT2D eigenvalue weighted by molar-refractivity contribution is 5.82. The van der Waals surface area contributed by atoms with E-state index in [0.29, 0.717) is 11.8 Å². The van der Waals surface area contributed by atoms with Crippen molar-refractivity contribution in [2.75, 3.05) is 6.61 Å². The molecule has 1 saturated carbocycles. The Bertz CT molecular complexity index is 159. The summed E-state index contributed by atoms with van der Waals surface area (Å²) in [4.78, 5) is 0. The van der Waals surface area contributed by atoms with Gasteiger partial charge < -0.3 is 16.0 Å². The van der Waals surface area contributed by atoms with Crippen LogP contribution in [-0.4, -0.2) is 22.8 Å². The molecule has 0 saturated heterocycles. The molecule has 0 aromatic heterocycles. The predicted octanol–water partition coefficient (Wildman–Crippen LogP) is 0.141. The molecular formula is C7H14N2O2. The third-order valence-corrected chi connectivity index (χ3v) is 2.33. The predicted molar refractivity (Wildman–Crippen MR) is 41.3 cm³/mol. The van der Waals surface area contributed by atoms with E-state index in [-0.39, 0.29) is 12.5 Å². The standard InChI is InChI=1S/C7H14N2O2/c8-7(9-11)6-2-1-5(3-6)4-10/h5-6,10-11H,1-4H2,(H2,8,9)/t5-,6+/m0/s1. The van der Waals surface area contributed by atoms with Crippen molar-refractivity contribution in [3.63, 3.8) is 0 Å². The molecule has 2 atom stereocenters. The Kier molecular flexibility index (Phi) is 2.70. The van der Waals surface area contributed by atoms with Gasteiger partial charge in [0.1, 0.15) is 5.84 Å². The molecule has 1 aliphatic carbocycles. The Hall–Kier alpha value is -0.770. The maximum atomic E-state index is 8.80. The Balaban J connectivity index is 2.41. The van der Waals surface area contributed by atoms with E-state index >= 15 is 0 Å². The minimum Gasteiger partial charge on any atom is -0.409 e. The lowest BCUT2D eigenvalue weighted by atomic mass is 10.1. The summed E-state index contributed by atoms with van der Waals surface area (Å²) in [5.74, 6) is 0.832. The number of amidine groups is 1. The molecule has 0 amide bonds. The van der Waals surface area contributed by atoms with E-state index in [2.05, 4.69) is 5.16 Å². The molecule has 0 aliphatic heterocycles. The van der Waals surface area contributed by atoms with Crippen LogP contribution in [0.4, 0.5) is 0 Å². The van der Waals surface area contributed by atoms with Crippen LogP contribution in [0.15, 0.2) is 5.16 Å². The first kappa shape index (κ1) is 8.33. The van der Waals surface area contributed by atoms with Crippen molar-refractivity contribution in [2.45, 2.75) is 19.3 Å². The van der Waals surface area contributed by atoms with Gasteiger partial charge in [0.2, 0.25) is 0 Å². The van der Waals surface area contributed by atoms with Gasteiger partial charge in [-0.25, -0.2) is 0 Å². The molecule has 0 aromatic rings. The van der Waals surface area contributed by atoms with Crippen molar-refractivity contribution >= 4 is 5.84 Å². The van der Waals surface area contributed by atoms with Crippen molar-refractivity contribution < 1.29 is 10.3 Å².